The number of rotatable bonds is 5. The lowest BCUT2D eigenvalue weighted by Gasteiger charge is -2.37. The minimum absolute atomic E-state index is 0.107. The number of carbonyl (C=O) groups is 1. The van der Waals surface area contributed by atoms with Crippen molar-refractivity contribution in [1.82, 2.24) is 9.80 Å². The molecular formula is C21H32ClN3O3. The summed E-state index contributed by atoms with van der Waals surface area (Å²) in [5.41, 5.74) is 0.558. The van der Waals surface area contributed by atoms with Gasteiger partial charge in [-0.1, -0.05) is 18.5 Å². The lowest BCUT2D eigenvalue weighted by Crippen LogP contribution is -2.44. The van der Waals surface area contributed by atoms with Crippen molar-refractivity contribution in [3.8, 4) is 11.5 Å². The number of likely N-dealkylation sites (tertiary alicyclic amines) is 2. The van der Waals surface area contributed by atoms with Crippen molar-refractivity contribution < 1.29 is 14.3 Å². The van der Waals surface area contributed by atoms with Gasteiger partial charge in [-0.3, -0.25) is 0 Å². The van der Waals surface area contributed by atoms with Crippen molar-refractivity contribution >= 4 is 23.3 Å². The van der Waals surface area contributed by atoms with Crippen LogP contribution in [-0.4, -0.2) is 62.8 Å². The van der Waals surface area contributed by atoms with Gasteiger partial charge in [-0.05, 0) is 50.1 Å². The van der Waals surface area contributed by atoms with Gasteiger partial charge in [-0.15, -0.1) is 0 Å². The van der Waals surface area contributed by atoms with Crippen molar-refractivity contribution in [1.29, 1.82) is 0 Å². The van der Waals surface area contributed by atoms with Gasteiger partial charge in [-0.2, -0.15) is 0 Å². The molecule has 0 saturated carbocycles. The summed E-state index contributed by atoms with van der Waals surface area (Å²) in [5, 5.41) is 3.37. The van der Waals surface area contributed by atoms with E-state index in [1.165, 1.54) is 32.5 Å². The molecule has 156 valence electrons. The molecule has 0 bridgehead atoms. The van der Waals surface area contributed by atoms with Crippen LogP contribution in [-0.2, 0) is 0 Å². The first kappa shape index (κ1) is 21.1. The van der Waals surface area contributed by atoms with E-state index in [2.05, 4.69) is 17.1 Å². The topological polar surface area (TPSA) is 54.0 Å². The Hall–Kier alpha value is -1.66. The Bertz CT molecular complexity index is 677. The van der Waals surface area contributed by atoms with Crippen molar-refractivity contribution in [2.75, 3.05) is 52.3 Å². The Morgan fingerprint density at radius 2 is 1.86 bits per heavy atom. The lowest BCUT2D eigenvalue weighted by atomic mass is 9.94. The van der Waals surface area contributed by atoms with E-state index >= 15 is 0 Å². The second kappa shape index (κ2) is 9.70. The van der Waals surface area contributed by atoms with Crippen molar-refractivity contribution in [2.45, 2.75) is 32.6 Å². The summed E-state index contributed by atoms with van der Waals surface area (Å²) in [6.07, 6.45) is 4.78. The van der Waals surface area contributed by atoms with Gasteiger partial charge in [0.25, 0.3) is 0 Å². The molecule has 0 unspecified atom stereocenters. The highest BCUT2D eigenvalue weighted by Gasteiger charge is 2.26. The molecule has 2 heterocycles. The van der Waals surface area contributed by atoms with Crippen LogP contribution in [0.5, 0.6) is 11.5 Å². The standard InChI is InChI=1S/C21H32ClN3O3/c1-15-5-4-8-24(13-15)14-16-6-9-25(10-7-16)21(26)23-18-11-17(22)19(27-2)12-20(18)28-3/h11-12,15-16H,4-10,13-14H2,1-3H3,(H,23,26)/t15-/m1/s1. The SMILES string of the molecule is COc1cc(OC)c(NC(=O)N2CCC(CN3CCC[C@@H](C)C3)CC2)cc1Cl. The van der Waals surface area contributed by atoms with Crippen LogP contribution in [0.25, 0.3) is 0 Å². The number of hydrogen-bond donors (Lipinski definition) is 1. The Balaban J connectivity index is 1.52. The highest BCUT2D eigenvalue weighted by atomic mass is 35.5. The molecule has 0 spiro atoms. The van der Waals surface area contributed by atoms with Gasteiger partial charge in [0.15, 0.2) is 0 Å². The van der Waals surface area contributed by atoms with Gasteiger partial charge in [0.2, 0.25) is 0 Å². The van der Waals surface area contributed by atoms with Gasteiger partial charge in [-0.25, -0.2) is 4.79 Å². The fourth-order valence-electron chi connectivity index (χ4n) is 4.29. The van der Waals surface area contributed by atoms with Crippen LogP contribution in [0.4, 0.5) is 10.5 Å². The Morgan fingerprint density at radius 1 is 1.14 bits per heavy atom. The highest BCUT2D eigenvalue weighted by Crippen LogP contribution is 2.36. The third-order valence-corrected chi connectivity index (χ3v) is 6.17. The fourth-order valence-corrected chi connectivity index (χ4v) is 4.53. The molecule has 2 saturated heterocycles. The van der Waals surface area contributed by atoms with Gasteiger partial charge in [0.05, 0.1) is 24.9 Å². The third kappa shape index (κ3) is 5.23. The molecule has 1 aromatic carbocycles. The van der Waals surface area contributed by atoms with E-state index in [9.17, 15) is 4.79 Å². The van der Waals surface area contributed by atoms with Crippen molar-refractivity contribution in [3.63, 3.8) is 0 Å². The molecule has 0 radical (unpaired) electrons. The molecule has 6 nitrogen and oxygen atoms in total. The summed E-state index contributed by atoms with van der Waals surface area (Å²) < 4.78 is 10.6. The Kier molecular flexibility index (Phi) is 7.30. The van der Waals surface area contributed by atoms with E-state index in [-0.39, 0.29) is 6.03 Å². The maximum atomic E-state index is 12.7. The zero-order valence-corrected chi connectivity index (χ0v) is 17.9. The van der Waals surface area contributed by atoms with Gasteiger partial charge < -0.3 is 24.6 Å². The second-order valence-corrected chi connectivity index (χ2v) is 8.46. The van der Waals surface area contributed by atoms with E-state index < -0.39 is 0 Å². The number of methoxy groups -OCH3 is 2. The van der Waals surface area contributed by atoms with Crippen LogP contribution < -0.4 is 14.8 Å². The number of halogens is 1. The minimum Gasteiger partial charge on any atom is -0.495 e. The number of benzene rings is 1. The van der Waals surface area contributed by atoms with Crippen LogP contribution in [0, 0.1) is 11.8 Å². The zero-order valence-electron chi connectivity index (χ0n) is 17.2. The largest absolute Gasteiger partial charge is 0.495 e. The Labute approximate surface area is 173 Å². The number of carbonyl (C=O) groups excluding carboxylic acids is 1. The van der Waals surface area contributed by atoms with Crippen molar-refractivity contribution in [2.24, 2.45) is 11.8 Å². The second-order valence-electron chi connectivity index (χ2n) is 8.05. The van der Waals surface area contributed by atoms with Crippen LogP contribution in [0.3, 0.4) is 0 Å². The number of hydrogen-bond acceptors (Lipinski definition) is 4. The summed E-state index contributed by atoms with van der Waals surface area (Å²) in [6.45, 7) is 7.53. The monoisotopic (exact) mass is 409 g/mol. The van der Waals surface area contributed by atoms with Crippen LogP contribution in [0.1, 0.15) is 32.6 Å². The quantitative estimate of drug-likeness (QED) is 0.786. The smallest absolute Gasteiger partial charge is 0.321 e. The average Bonchev–Trinajstić information content (AvgIpc) is 2.69. The van der Waals surface area contributed by atoms with Crippen LogP contribution in [0.15, 0.2) is 12.1 Å². The minimum atomic E-state index is -0.107. The normalized spacial score (nSPS) is 21.4. The number of anilines is 1. The molecule has 0 aliphatic carbocycles. The third-order valence-electron chi connectivity index (χ3n) is 5.87. The number of amides is 2. The molecule has 2 fully saturated rings. The number of nitrogens with zero attached hydrogens (tertiary/aromatic N) is 2. The van der Waals surface area contributed by atoms with Crippen LogP contribution >= 0.6 is 11.6 Å². The molecule has 1 atom stereocenters. The van der Waals surface area contributed by atoms with Gasteiger partial charge in [0.1, 0.15) is 11.5 Å². The average molecular weight is 410 g/mol. The lowest BCUT2D eigenvalue weighted by molar-refractivity contribution is 0.125. The maximum absolute atomic E-state index is 12.7. The van der Waals surface area contributed by atoms with Gasteiger partial charge >= 0.3 is 6.03 Å². The molecular weight excluding hydrogens is 378 g/mol. The summed E-state index contributed by atoms with van der Waals surface area (Å²) in [4.78, 5) is 17.2. The molecule has 0 aromatic heterocycles. The van der Waals surface area contributed by atoms with Gasteiger partial charge in [0, 0.05) is 32.2 Å². The van der Waals surface area contributed by atoms with E-state index in [0.29, 0.717) is 28.1 Å². The molecule has 1 aromatic rings. The first-order chi connectivity index (χ1) is 13.5. The summed E-state index contributed by atoms with van der Waals surface area (Å²) >= 11 is 6.20. The molecule has 2 aliphatic heterocycles. The Morgan fingerprint density at radius 3 is 2.50 bits per heavy atom. The first-order valence-corrected chi connectivity index (χ1v) is 10.6. The van der Waals surface area contributed by atoms with E-state index in [4.69, 9.17) is 21.1 Å². The predicted molar refractivity (Wildman–Crippen MR) is 113 cm³/mol. The molecule has 7 heteroatoms. The number of nitrogens with one attached hydrogen (secondary N) is 1. The predicted octanol–water partition coefficient (Wildman–Crippen LogP) is 4.33. The van der Waals surface area contributed by atoms with E-state index in [1.54, 1.807) is 26.4 Å². The van der Waals surface area contributed by atoms with Crippen molar-refractivity contribution in [3.05, 3.63) is 17.2 Å². The van der Waals surface area contributed by atoms with E-state index in [1.807, 2.05) is 4.90 Å². The maximum Gasteiger partial charge on any atom is 0.321 e. The molecule has 2 aliphatic rings. The molecule has 3 rings (SSSR count). The highest BCUT2D eigenvalue weighted by molar-refractivity contribution is 6.32. The summed E-state index contributed by atoms with van der Waals surface area (Å²) in [5.74, 6) is 2.54. The molecule has 2 amide bonds. The zero-order chi connectivity index (χ0) is 20.1. The number of urea groups is 1. The van der Waals surface area contributed by atoms with Crippen LogP contribution in [0.2, 0.25) is 5.02 Å². The first-order valence-electron chi connectivity index (χ1n) is 10.2. The van der Waals surface area contributed by atoms with E-state index in [0.717, 1.165) is 31.8 Å². The summed E-state index contributed by atoms with van der Waals surface area (Å²) in [6, 6.07) is 3.25. The molecule has 28 heavy (non-hydrogen) atoms. The number of piperidine rings is 2. The summed E-state index contributed by atoms with van der Waals surface area (Å²) in [7, 11) is 3.11. The fraction of sp³-hybridized carbons (Fsp3) is 0.667. The molecule has 1 N–H and O–H groups in total. The number of ether oxygens (including phenoxy) is 2.